The van der Waals surface area contributed by atoms with Crippen LogP contribution in [-0.2, 0) is 5.41 Å². The summed E-state index contributed by atoms with van der Waals surface area (Å²) >= 11 is 0. The summed E-state index contributed by atoms with van der Waals surface area (Å²) in [5.41, 5.74) is 12.9. The number of benzene rings is 7. The van der Waals surface area contributed by atoms with E-state index in [-0.39, 0.29) is 0 Å². The second-order valence-electron chi connectivity index (χ2n) is 15.6. The van der Waals surface area contributed by atoms with E-state index in [1.165, 1.54) is 82.7 Å². The zero-order chi connectivity index (χ0) is 33.8. The smallest absolute Gasteiger partial charge is 0.0462 e. The number of hydrogen-bond acceptors (Lipinski definition) is 1. The van der Waals surface area contributed by atoms with Crippen LogP contribution in [0.3, 0.4) is 0 Å². The first-order chi connectivity index (χ1) is 25.2. The van der Waals surface area contributed by atoms with Gasteiger partial charge in [-0.25, -0.2) is 0 Å². The Labute approximate surface area is 302 Å². The van der Waals surface area contributed by atoms with Crippen molar-refractivity contribution in [2.24, 2.45) is 17.8 Å². The highest BCUT2D eigenvalue weighted by atomic mass is 15.1. The van der Waals surface area contributed by atoms with Crippen LogP contribution in [0.15, 0.2) is 170 Å². The number of anilines is 3. The summed E-state index contributed by atoms with van der Waals surface area (Å²) in [5, 5.41) is 2.86. The third-order valence-electron chi connectivity index (χ3n) is 12.4. The average molecular weight is 658 g/mol. The number of hydrogen-bond donors (Lipinski definition) is 0. The van der Waals surface area contributed by atoms with Crippen molar-refractivity contribution in [3.63, 3.8) is 0 Å². The lowest BCUT2D eigenvalue weighted by atomic mass is 9.47. The molecule has 0 aromatic heterocycles. The quantitative estimate of drug-likeness (QED) is 0.165. The van der Waals surface area contributed by atoms with Crippen molar-refractivity contribution in [3.8, 4) is 33.4 Å². The lowest BCUT2D eigenvalue weighted by Gasteiger charge is -2.57. The van der Waals surface area contributed by atoms with Crippen molar-refractivity contribution >= 4 is 27.8 Å². The molecule has 51 heavy (non-hydrogen) atoms. The lowest BCUT2D eigenvalue weighted by Crippen LogP contribution is -2.48. The summed E-state index contributed by atoms with van der Waals surface area (Å²) in [6, 6.07) is 62.6. The standard InChI is InChI=1S/C50H43N/c1-3-9-38(10-4-1)40-15-21-43(22-16-40)51(44-23-17-41(18-24-44)39-11-5-2-6-12-39)45-25-19-42(20-26-45)46-27-28-49(48-14-8-7-13-47(46)48)50-32-35-29-36(33-50)31-37(30-35)34-50/h1-28,35-37H,29-34H2. The Morgan fingerprint density at radius 3 is 1.22 bits per heavy atom. The number of rotatable bonds is 7. The van der Waals surface area contributed by atoms with Gasteiger partial charge in [0.1, 0.15) is 0 Å². The van der Waals surface area contributed by atoms with Gasteiger partial charge in [0, 0.05) is 17.1 Å². The Morgan fingerprint density at radius 2 is 0.745 bits per heavy atom. The molecular formula is C50H43N. The van der Waals surface area contributed by atoms with Crippen LogP contribution in [0.5, 0.6) is 0 Å². The van der Waals surface area contributed by atoms with E-state index in [0.717, 1.165) is 34.8 Å². The number of nitrogens with zero attached hydrogens (tertiary/aromatic N) is 1. The van der Waals surface area contributed by atoms with E-state index in [1.807, 2.05) is 0 Å². The van der Waals surface area contributed by atoms with Crippen molar-refractivity contribution in [1.29, 1.82) is 0 Å². The van der Waals surface area contributed by atoms with E-state index in [9.17, 15) is 0 Å². The van der Waals surface area contributed by atoms with Crippen LogP contribution >= 0.6 is 0 Å². The topological polar surface area (TPSA) is 3.24 Å². The van der Waals surface area contributed by atoms with E-state index in [2.05, 4.69) is 175 Å². The molecule has 4 saturated carbocycles. The Bertz CT molecular complexity index is 2180. The molecule has 0 unspecified atom stereocenters. The normalized spacial score (nSPS) is 21.9. The number of fused-ring (bicyclic) bond motifs is 1. The summed E-state index contributed by atoms with van der Waals surface area (Å²) in [4.78, 5) is 2.38. The molecule has 4 fully saturated rings. The summed E-state index contributed by atoms with van der Waals surface area (Å²) in [6.45, 7) is 0. The maximum absolute atomic E-state index is 2.52. The molecule has 7 aromatic rings. The van der Waals surface area contributed by atoms with Crippen LogP contribution in [0.1, 0.15) is 44.1 Å². The molecule has 4 bridgehead atoms. The Balaban J connectivity index is 1.02. The second-order valence-corrected chi connectivity index (χ2v) is 15.6. The first kappa shape index (κ1) is 30.4. The average Bonchev–Trinajstić information content (AvgIpc) is 3.19. The first-order valence-electron chi connectivity index (χ1n) is 18.9. The maximum Gasteiger partial charge on any atom is 0.0462 e. The van der Waals surface area contributed by atoms with Gasteiger partial charge in [0.15, 0.2) is 0 Å². The van der Waals surface area contributed by atoms with Gasteiger partial charge in [0.25, 0.3) is 0 Å². The van der Waals surface area contributed by atoms with Crippen molar-refractivity contribution in [2.75, 3.05) is 4.90 Å². The molecule has 0 amide bonds. The third-order valence-corrected chi connectivity index (χ3v) is 12.4. The minimum atomic E-state index is 0.378. The Kier molecular flexibility index (Phi) is 7.41. The first-order valence-corrected chi connectivity index (χ1v) is 18.9. The van der Waals surface area contributed by atoms with Crippen molar-refractivity contribution in [1.82, 2.24) is 0 Å². The molecule has 248 valence electrons. The molecule has 1 heteroatoms. The predicted octanol–water partition coefficient (Wildman–Crippen LogP) is 13.8. The Morgan fingerprint density at radius 1 is 0.353 bits per heavy atom. The van der Waals surface area contributed by atoms with Crippen molar-refractivity contribution < 1.29 is 0 Å². The summed E-state index contributed by atoms with van der Waals surface area (Å²) in [6.07, 6.45) is 8.62. The van der Waals surface area contributed by atoms with Gasteiger partial charge >= 0.3 is 0 Å². The van der Waals surface area contributed by atoms with Crippen LogP contribution < -0.4 is 4.90 Å². The molecule has 0 spiro atoms. The summed E-state index contributed by atoms with van der Waals surface area (Å²) < 4.78 is 0. The van der Waals surface area contributed by atoms with Gasteiger partial charge in [0.2, 0.25) is 0 Å². The van der Waals surface area contributed by atoms with Gasteiger partial charge < -0.3 is 4.90 Å². The molecule has 0 saturated heterocycles. The van der Waals surface area contributed by atoms with Gasteiger partial charge in [-0.05, 0) is 148 Å². The molecule has 0 aliphatic heterocycles. The fourth-order valence-electron chi connectivity index (χ4n) is 10.6. The van der Waals surface area contributed by atoms with Crippen LogP contribution in [0.25, 0.3) is 44.2 Å². The fraction of sp³-hybridized carbons (Fsp3) is 0.200. The molecule has 0 atom stereocenters. The van der Waals surface area contributed by atoms with Crippen LogP contribution in [0.4, 0.5) is 17.1 Å². The van der Waals surface area contributed by atoms with Gasteiger partial charge in [-0.3, -0.25) is 0 Å². The minimum absolute atomic E-state index is 0.378. The largest absolute Gasteiger partial charge is 0.311 e. The molecule has 11 rings (SSSR count). The Hall–Kier alpha value is -5.40. The summed E-state index contributed by atoms with van der Waals surface area (Å²) in [7, 11) is 0. The van der Waals surface area contributed by atoms with Crippen molar-refractivity contribution in [3.05, 3.63) is 175 Å². The minimum Gasteiger partial charge on any atom is -0.311 e. The highest BCUT2D eigenvalue weighted by molar-refractivity contribution is 5.99. The zero-order valence-electron chi connectivity index (χ0n) is 29.1. The molecule has 0 heterocycles. The predicted molar refractivity (Wildman–Crippen MR) is 215 cm³/mol. The molecule has 4 aliphatic carbocycles. The third kappa shape index (κ3) is 5.47. The van der Waals surface area contributed by atoms with Gasteiger partial charge in [0.05, 0.1) is 0 Å². The molecular weight excluding hydrogens is 615 g/mol. The highest BCUT2D eigenvalue weighted by Crippen LogP contribution is 2.61. The van der Waals surface area contributed by atoms with E-state index >= 15 is 0 Å². The van der Waals surface area contributed by atoms with Gasteiger partial charge in [-0.15, -0.1) is 0 Å². The van der Waals surface area contributed by atoms with E-state index in [1.54, 1.807) is 5.56 Å². The van der Waals surface area contributed by atoms with Crippen molar-refractivity contribution in [2.45, 2.75) is 43.9 Å². The van der Waals surface area contributed by atoms with Crippen LogP contribution in [0.2, 0.25) is 0 Å². The van der Waals surface area contributed by atoms with E-state index < -0.39 is 0 Å². The van der Waals surface area contributed by atoms with E-state index in [0.29, 0.717) is 5.41 Å². The second kappa shape index (κ2) is 12.4. The molecule has 0 N–H and O–H groups in total. The van der Waals surface area contributed by atoms with Gasteiger partial charge in [-0.1, -0.05) is 133 Å². The monoisotopic (exact) mass is 657 g/mol. The van der Waals surface area contributed by atoms with E-state index in [4.69, 9.17) is 0 Å². The SMILES string of the molecule is c1ccc(-c2ccc(N(c3ccc(-c4ccccc4)cc3)c3ccc(-c4ccc(C56CC7CC(CC(C7)C5)C6)c5ccccc45)cc3)cc2)cc1. The molecule has 4 aliphatic rings. The highest BCUT2D eigenvalue weighted by Gasteiger charge is 2.52. The fourth-order valence-corrected chi connectivity index (χ4v) is 10.6. The maximum atomic E-state index is 2.52. The zero-order valence-corrected chi connectivity index (χ0v) is 29.1. The van der Waals surface area contributed by atoms with Gasteiger partial charge in [-0.2, -0.15) is 0 Å². The van der Waals surface area contributed by atoms with Crippen LogP contribution in [0, 0.1) is 17.8 Å². The molecule has 7 aromatic carbocycles. The molecule has 0 radical (unpaired) electrons. The molecule has 1 nitrogen and oxygen atoms in total. The van der Waals surface area contributed by atoms with Crippen LogP contribution in [-0.4, -0.2) is 0 Å². The lowest BCUT2D eigenvalue weighted by molar-refractivity contribution is -0.00449. The summed E-state index contributed by atoms with van der Waals surface area (Å²) in [5.74, 6) is 2.82.